The predicted octanol–water partition coefficient (Wildman–Crippen LogP) is 1.03. The van der Waals surface area contributed by atoms with Crippen LogP contribution in [0.3, 0.4) is 0 Å². The smallest absolute Gasteiger partial charge is 0.334 e. The largest absolute Gasteiger partial charge is 0.501 e. The van der Waals surface area contributed by atoms with Gasteiger partial charge in [0.2, 0.25) is 0 Å². The molecule has 164 valence electrons. The summed E-state index contributed by atoms with van der Waals surface area (Å²) in [5.41, 5.74) is 0.582. The second-order valence-corrected chi connectivity index (χ2v) is 5.17. The van der Waals surface area contributed by atoms with Gasteiger partial charge in [-0.2, -0.15) is 0 Å². The second-order valence-electron chi connectivity index (χ2n) is 5.17. The molecule has 0 aliphatic rings. The normalized spacial score (nSPS) is 9.36. The highest BCUT2D eigenvalue weighted by molar-refractivity contribution is 5.85. The molecule has 28 heavy (non-hydrogen) atoms. The summed E-state index contributed by atoms with van der Waals surface area (Å²) >= 11 is 0. The average molecular weight is 408 g/mol. The Morgan fingerprint density at radius 2 is 1.21 bits per heavy atom. The SMILES string of the molecule is C=C(C)C(=O)O.C=C(C)C(=O)O.CCCOC=C(C)C(=O)O.OCC(O)CO. The van der Waals surface area contributed by atoms with Crippen molar-refractivity contribution in [2.24, 2.45) is 0 Å². The average Bonchev–Trinajstić information content (AvgIpc) is 2.62. The maximum atomic E-state index is 10.1. The molecule has 0 heterocycles. The fourth-order valence-corrected chi connectivity index (χ4v) is 0.410. The molecule has 0 aliphatic heterocycles. The number of carbonyl (C=O) groups is 3. The van der Waals surface area contributed by atoms with Crippen LogP contribution in [0, 0.1) is 0 Å². The van der Waals surface area contributed by atoms with Crippen molar-refractivity contribution in [2.45, 2.75) is 40.2 Å². The van der Waals surface area contributed by atoms with Gasteiger partial charge in [-0.25, -0.2) is 14.4 Å². The molecule has 0 aliphatic carbocycles. The number of aliphatic hydroxyl groups is 3. The quantitative estimate of drug-likeness (QED) is 0.193. The van der Waals surface area contributed by atoms with E-state index in [4.69, 9.17) is 35.4 Å². The van der Waals surface area contributed by atoms with Crippen molar-refractivity contribution in [3.8, 4) is 0 Å². The molecule has 0 bridgehead atoms. The molecule has 0 amide bonds. The van der Waals surface area contributed by atoms with Crippen LogP contribution in [0.5, 0.6) is 0 Å². The minimum absolute atomic E-state index is 0.176. The number of hydrogen-bond donors (Lipinski definition) is 6. The van der Waals surface area contributed by atoms with E-state index in [-0.39, 0.29) is 29.9 Å². The number of carboxylic acid groups (broad SMARTS) is 3. The van der Waals surface area contributed by atoms with Gasteiger partial charge in [-0.15, -0.1) is 0 Å². The molecule has 0 aromatic carbocycles. The van der Waals surface area contributed by atoms with Crippen LogP contribution < -0.4 is 0 Å². The number of hydrogen-bond acceptors (Lipinski definition) is 7. The molecule has 0 atom stereocenters. The number of aliphatic carboxylic acids is 3. The Morgan fingerprint density at radius 1 is 0.893 bits per heavy atom. The van der Waals surface area contributed by atoms with Crippen LogP contribution in [0.2, 0.25) is 0 Å². The van der Waals surface area contributed by atoms with Crippen molar-refractivity contribution in [3.63, 3.8) is 0 Å². The maximum Gasteiger partial charge on any atom is 0.334 e. The van der Waals surface area contributed by atoms with E-state index in [1.807, 2.05) is 6.92 Å². The van der Waals surface area contributed by atoms with E-state index < -0.39 is 24.0 Å². The molecule has 0 fully saturated rings. The van der Waals surface area contributed by atoms with Crippen LogP contribution in [0.1, 0.15) is 34.1 Å². The van der Waals surface area contributed by atoms with Gasteiger partial charge in [0.05, 0.1) is 31.7 Å². The fraction of sp³-hybridized carbons (Fsp3) is 0.500. The van der Waals surface area contributed by atoms with Gasteiger partial charge in [0.1, 0.15) is 6.10 Å². The zero-order valence-electron chi connectivity index (χ0n) is 16.7. The lowest BCUT2D eigenvalue weighted by Crippen LogP contribution is -2.15. The number of ether oxygens (including phenoxy) is 1. The Bertz CT molecular complexity index is 456. The molecule has 0 radical (unpaired) electrons. The third-order valence-corrected chi connectivity index (χ3v) is 2.07. The van der Waals surface area contributed by atoms with Crippen molar-refractivity contribution < 1.29 is 49.8 Å². The van der Waals surface area contributed by atoms with Crippen molar-refractivity contribution in [2.75, 3.05) is 19.8 Å². The molecule has 0 aromatic rings. The molecule has 0 spiro atoms. The van der Waals surface area contributed by atoms with Gasteiger partial charge >= 0.3 is 17.9 Å². The lowest BCUT2D eigenvalue weighted by atomic mass is 10.3. The minimum atomic E-state index is -0.954. The number of aliphatic hydroxyl groups excluding tert-OH is 3. The first-order valence-electron chi connectivity index (χ1n) is 7.97. The van der Waals surface area contributed by atoms with E-state index in [0.717, 1.165) is 6.42 Å². The Balaban J connectivity index is -0.000000142. The first-order chi connectivity index (χ1) is 12.8. The van der Waals surface area contributed by atoms with Gasteiger partial charge in [-0.1, -0.05) is 20.1 Å². The third kappa shape index (κ3) is 34.6. The number of rotatable bonds is 8. The van der Waals surface area contributed by atoms with Crippen LogP contribution in [0.15, 0.2) is 36.1 Å². The van der Waals surface area contributed by atoms with Crippen molar-refractivity contribution in [1.82, 2.24) is 0 Å². The Morgan fingerprint density at radius 3 is 1.36 bits per heavy atom. The Kier molecular flexibility index (Phi) is 26.3. The Hall–Kier alpha value is -2.69. The Labute approximate surface area is 164 Å². The molecule has 10 nitrogen and oxygen atoms in total. The molecular formula is C18H32O10. The van der Waals surface area contributed by atoms with Crippen LogP contribution in [-0.4, -0.2) is 74.5 Å². The summed E-state index contributed by atoms with van der Waals surface area (Å²) in [5.74, 6) is -2.80. The van der Waals surface area contributed by atoms with Gasteiger partial charge in [0.25, 0.3) is 0 Å². The highest BCUT2D eigenvalue weighted by atomic mass is 16.5. The van der Waals surface area contributed by atoms with Gasteiger partial charge in [-0.05, 0) is 27.2 Å². The van der Waals surface area contributed by atoms with Crippen molar-refractivity contribution in [3.05, 3.63) is 36.1 Å². The molecular weight excluding hydrogens is 376 g/mol. The summed E-state index contributed by atoms with van der Waals surface area (Å²) in [6.45, 7) is 12.5. The van der Waals surface area contributed by atoms with Gasteiger partial charge < -0.3 is 35.4 Å². The van der Waals surface area contributed by atoms with E-state index in [0.29, 0.717) is 6.61 Å². The molecule has 0 aromatic heterocycles. The van der Waals surface area contributed by atoms with Crippen LogP contribution >= 0.6 is 0 Å². The maximum absolute atomic E-state index is 10.1. The van der Waals surface area contributed by atoms with E-state index in [2.05, 4.69) is 13.2 Å². The van der Waals surface area contributed by atoms with Crippen molar-refractivity contribution in [1.29, 1.82) is 0 Å². The van der Waals surface area contributed by atoms with Gasteiger partial charge in [0.15, 0.2) is 0 Å². The first-order valence-corrected chi connectivity index (χ1v) is 7.97. The lowest BCUT2D eigenvalue weighted by molar-refractivity contribution is -0.133. The van der Waals surface area contributed by atoms with Crippen LogP contribution in [0.4, 0.5) is 0 Å². The summed E-state index contributed by atoms with van der Waals surface area (Å²) in [6.07, 6.45) is 1.21. The monoisotopic (exact) mass is 408 g/mol. The zero-order chi connectivity index (χ0) is 23.3. The molecule has 0 rings (SSSR count). The molecule has 0 saturated carbocycles. The van der Waals surface area contributed by atoms with Crippen LogP contribution in [-0.2, 0) is 19.1 Å². The third-order valence-electron chi connectivity index (χ3n) is 2.07. The number of carboxylic acids is 3. The van der Waals surface area contributed by atoms with Crippen LogP contribution in [0.25, 0.3) is 0 Å². The summed E-state index contributed by atoms with van der Waals surface area (Å²) in [5, 5.41) is 48.1. The highest BCUT2D eigenvalue weighted by Crippen LogP contribution is 1.92. The lowest BCUT2D eigenvalue weighted by Gasteiger charge is -1.96. The second kappa shape index (κ2) is 22.4. The summed E-state index contributed by atoms with van der Waals surface area (Å²) in [6, 6.07) is 0. The molecule has 0 saturated heterocycles. The van der Waals surface area contributed by atoms with E-state index >= 15 is 0 Å². The van der Waals surface area contributed by atoms with Gasteiger partial charge in [-0.3, -0.25) is 0 Å². The summed E-state index contributed by atoms with van der Waals surface area (Å²) in [4.78, 5) is 29.3. The standard InChI is InChI=1S/C7H12O3.2C4H6O2.C3H8O3/c1-3-4-10-5-6(2)7(8)9;2*1-3(2)4(5)6;4-1-3(6)2-5/h5H,3-4H2,1-2H3,(H,8,9);2*1H2,2H3,(H,5,6);3-6H,1-2H2. The zero-order valence-corrected chi connectivity index (χ0v) is 16.7. The van der Waals surface area contributed by atoms with E-state index in [1.165, 1.54) is 27.0 Å². The highest BCUT2D eigenvalue weighted by Gasteiger charge is 1.97. The van der Waals surface area contributed by atoms with E-state index in [9.17, 15) is 14.4 Å². The summed E-state index contributed by atoms with van der Waals surface area (Å²) < 4.78 is 4.86. The predicted molar refractivity (Wildman–Crippen MR) is 103 cm³/mol. The van der Waals surface area contributed by atoms with Crippen molar-refractivity contribution >= 4 is 17.9 Å². The topological polar surface area (TPSA) is 182 Å². The minimum Gasteiger partial charge on any atom is -0.501 e. The van der Waals surface area contributed by atoms with Gasteiger partial charge in [0, 0.05) is 11.1 Å². The fourth-order valence-electron chi connectivity index (χ4n) is 0.410. The molecule has 0 unspecified atom stereocenters. The molecule has 10 heteroatoms. The van der Waals surface area contributed by atoms with E-state index in [1.54, 1.807) is 0 Å². The molecule has 6 N–H and O–H groups in total. The first kappa shape index (κ1) is 32.9. The summed E-state index contributed by atoms with van der Waals surface area (Å²) in [7, 11) is 0.